The van der Waals surface area contributed by atoms with Crippen molar-refractivity contribution >= 4 is 11.6 Å². The molecule has 1 N–H and O–H groups in total. The molecule has 0 spiro atoms. The van der Waals surface area contributed by atoms with Gasteiger partial charge in [-0.1, -0.05) is 30.3 Å². The third-order valence-corrected chi connectivity index (χ3v) is 6.53. The molecule has 34 heavy (non-hydrogen) atoms. The Balaban J connectivity index is 1.52. The molecule has 1 aliphatic heterocycles. The maximum absolute atomic E-state index is 12.8. The Morgan fingerprint density at radius 3 is 2.21 bits per heavy atom. The fourth-order valence-electron chi connectivity index (χ4n) is 4.70. The standard InChI is InChI=1S/C27H39N3O4/c1-19-10-9-11-20(2)27(19)28-26(31)17-29-14-21(3)30(22(4)15-29)16-23(32-5)18-34-25-13-8-7-12-24(25)33-6/h7-13,21-23H,14-18H2,1-6H3,(H,28,31). The summed E-state index contributed by atoms with van der Waals surface area (Å²) in [6, 6.07) is 14.3. The molecule has 2 aromatic carbocycles. The summed E-state index contributed by atoms with van der Waals surface area (Å²) in [5.74, 6) is 1.46. The van der Waals surface area contributed by atoms with Crippen LogP contribution in [0.4, 0.5) is 5.69 Å². The number of carbonyl (C=O) groups excluding carboxylic acids is 1. The summed E-state index contributed by atoms with van der Waals surface area (Å²) in [6.07, 6.45) is -0.0753. The van der Waals surface area contributed by atoms with Gasteiger partial charge in [0.05, 0.1) is 13.7 Å². The second kappa shape index (κ2) is 12.2. The summed E-state index contributed by atoms with van der Waals surface area (Å²) < 4.78 is 17.1. The lowest BCUT2D eigenvalue weighted by atomic mass is 10.1. The molecular weight excluding hydrogens is 430 g/mol. The first-order chi connectivity index (χ1) is 16.3. The van der Waals surface area contributed by atoms with Gasteiger partial charge in [-0.25, -0.2) is 0 Å². The van der Waals surface area contributed by atoms with Crippen molar-refractivity contribution in [3.63, 3.8) is 0 Å². The van der Waals surface area contributed by atoms with Gasteiger partial charge in [0.25, 0.3) is 0 Å². The molecule has 1 fully saturated rings. The van der Waals surface area contributed by atoms with Crippen LogP contribution < -0.4 is 14.8 Å². The molecule has 0 bridgehead atoms. The molecule has 186 valence electrons. The number of piperazine rings is 1. The zero-order chi connectivity index (χ0) is 24.7. The molecule has 3 atom stereocenters. The normalized spacial score (nSPS) is 20.1. The Hall–Kier alpha value is -2.61. The number of rotatable bonds is 10. The summed E-state index contributed by atoms with van der Waals surface area (Å²) in [7, 11) is 3.36. The van der Waals surface area contributed by atoms with E-state index >= 15 is 0 Å². The third kappa shape index (κ3) is 6.72. The number of hydrogen-bond acceptors (Lipinski definition) is 6. The largest absolute Gasteiger partial charge is 0.493 e. The molecule has 3 unspecified atom stereocenters. The van der Waals surface area contributed by atoms with Gasteiger partial charge < -0.3 is 19.5 Å². The van der Waals surface area contributed by atoms with Crippen molar-refractivity contribution in [2.75, 3.05) is 52.3 Å². The average molecular weight is 470 g/mol. The molecule has 0 saturated carbocycles. The van der Waals surface area contributed by atoms with E-state index in [4.69, 9.17) is 14.2 Å². The van der Waals surface area contributed by atoms with E-state index in [9.17, 15) is 4.79 Å². The van der Waals surface area contributed by atoms with Gasteiger partial charge in [0.1, 0.15) is 12.7 Å². The zero-order valence-corrected chi connectivity index (χ0v) is 21.3. The molecule has 1 aliphatic rings. The number of carbonyl (C=O) groups is 1. The number of nitrogens with one attached hydrogen (secondary N) is 1. The second-order valence-electron chi connectivity index (χ2n) is 9.22. The van der Waals surface area contributed by atoms with Crippen LogP contribution in [0.15, 0.2) is 42.5 Å². The molecule has 0 radical (unpaired) electrons. The average Bonchev–Trinajstić information content (AvgIpc) is 2.81. The van der Waals surface area contributed by atoms with Gasteiger partial charge in [0.15, 0.2) is 11.5 Å². The van der Waals surface area contributed by atoms with Gasteiger partial charge in [-0.2, -0.15) is 0 Å². The maximum Gasteiger partial charge on any atom is 0.238 e. The first kappa shape index (κ1) is 26.0. The lowest BCUT2D eigenvalue weighted by Gasteiger charge is -2.45. The highest BCUT2D eigenvalue weighted by Crippen LogP contribution is 2.26. The van der Waals surface area contributed by atoms with E-state index in [0.29, 0.717) is 36.7 Å². The van der Waals surface area contributed by atoms with Crippen molar-refractivity contribution in [2.24, 2.45) is 0 Å². The second-order valence-corrected chi connectivity index (χ2v) is 9.22. The smallest absolute Gasteiger partial charge is 0.238 e. The van der Waals surface area contributed by atoms with Crippen LogP contribution in [0.3, 0.4) is 0 Å². The maximum atomic E-state index is 12.8. The lowest BCUT2D eigenvalue weighted by molar-refractivity contribution is -0.118. The first-order valence-corrected chi connectivity index (χ1v) is 11.9. The quantitative estimate of drug-likeness (QED) is 0.572. The van der Waals surface area contributed by atoms with Crippen LogP contribution >= 0.6 is 0 Å². The summed E-state index contributed by atoms with van der Waals surface area (Å²) in [5.41, 5.74) is 3.09. The molecule has 0 aliphatic carbocycles. The van der Waals surface area contributed by atoms with Crippen LogP contribution in [-0.2, 0) is 9.53 Å². The van der Waals surface area contributed by atoms with Gasteiger partial charge in [-0.15, -0.1) is 0 Å². The third-order valence-electron chi connectivity index (χ3n) is 6.53. The van der Waals surface area contributed by atoms with Gasteiger partial charge in [-0.3, -0.25) is 14.6 Å². The van der Waals surface area contributed by atoms with Crippen LogP contribution in [0.1, 0.15) is 25.0 Å². The van der Waals surface area contributed by atoms with E-state index in [1.165, 1.54) is 0 Å². The van der Waals surface area contributed by atoms with Crippen molar-refractivity contribution in [3.05, 3.63) is 53.6 Å². The minimum Gasteiger partial charge on any atom is -0.493 e. The van der Waals surface area contributed by atoms with Crippen LogP contribution in [0, 0.1) is 13.8 Å². The van der Waals surface area contributed by atoms with Crippen LogP contribution in [0.5, 0.6) is 11.5 Å². The van der Waals surface area contributed by atoms with E-state index in [-0.39, 0.29) is 12.0 Å². The SMILES string of the molecule is COc1ccccc1OCC(CN1C(C)CN(CC(=O)Nc2c(C)cccc2C)CC1C)OC. The summed E-state index contributed by atoms with van der Waals surface area (Å²) >= 11 is 0. The number of para-hydroxylation sites is 3. The van der Waals surface area contributed by atoms with E-state index in [1.54, 1.807) is 14.2 Å². The van der Waals surface area contributed by atoms with E-state index in [1.807, 2.05) is 56.3 Å². The summed E-state index contributed by atoms with van der Waals surface area (Å²) in [5, 5.41) is 3.11. The number of hydrogen-bond donors (Lipinski definition) is 1. The number of ether oxygens (including phenoxy) is 3. The Bertz CT molecular complexity index is 919. The molecule has 1 heterocycles. The number of anilines is 1. The highest BCUT2D eigenvalue weighted by Gasteiger charge is 2.32. The fraction of sp³-hybridized carbons (Fsp3) is 0.519. The molecule has 1 saturated heterocycles. The van der Waals surface area contributed by atoms with Gasteiger partial charge in [0, 0.05) is 44.5 Å². The number of benzene rings is 2. The van der Waals surface area contributed by atoms with Crippen molar-refractivity contribution < 1.29 is 19.0 Å². The van der Waals surface area contributed by atoms with Crippen LogP contribution in [-0.4, -0.2) is 80.9 Å². The Kier molecular flexibility index (Phi) is 9.33. The van der Waals surface area contributed by atoms with Crippen molar-refractivity contribution in [1.82, 2.24) is 9.80 Å². The van der Waals surface area contributed by atoms with Crippen molar-refractivity contribution in [1.29, 1.82) is 0 Å². The predicted octanol–water partition coefficient (Wildman–Crippen LogP) is 3.74. The fourth-order valence-corrected chi connectivity index (χ4v) is 4.70. The van der Waals surface area contributed by atoms with Gasteiger partial charge in [-0.05, 0) is 51.0 Å². The number of amides is 1. The molecule has 0 aromatic heterocycles. The predicted molar refractivity (Wildman–Crippen MR) is 136 cm³/mol. The van der Waals surface area contributed by atoms with Gasteiger partial charge in [0.2, 0.25) is 5.91 Å². The van der Waals surface area contributed by atoms with E-state index in [2.05, 4.69) is 29.0 Å². The lowest BCUT2D eigenvalue weighted by Crippen LogP contribution is -2.59. The molecule has 7 nitrogen and oxygen atoms in total. The Morgan fingerprint density at radius 2 is 1.62 bits per heavy atom. The summed E-state index contributed by atoms with van der Waals surface area (Å²) in [4.78, 5) is 17.4. The van der Waals surface area contributed by atoms with Crippen molar-refractivity contribution in [2.45, 2.75) is 45.9 Å². The van der Waals surface area contributed by atoms with Crippen molar-refractivity contribution in [3.8, 4) is 11.5 Å². The first-order valence-electron chi connectivity index (χ1n) is 11.9. The topological polar surface area (TPSA) is 63.3 Å². The number of nitrogens with zero attached hydrogens (tertiary/aromatic N) is 2. The Morgan fingerprint density at radius 1 is 1.00 bits per heavy atom. The number of methoxy groups -OCH3 is 2. The minimum absolute atomic E-state index is 0.0326. The monoisotopic (exact) mass is 469 g/mol. The zero-order valence-electron chi connectivity index (χ0n) is 21.3. The minimum atomic E-state index is -0.0753. The highest BCUT2D eigenvalue weighted by molar-refractivity contribution is 5.93. The molecular formula is C27H39N3O4. The van der Waals surface area contributed by atoms with Crippen LogP contribution in [0.2, 0.25) is 0 Å². The van der Waals surface area contributed by atoms with E-state index in [0.717, 1.165) is 36.4 Å². The Labute approximate surface area is 204 Å². The number of aryl methyl sites for hydroxylation is 2. The van der Waals surface area contributed by atoms with Gasteiger partial charge >= 0.3 is 0 Å². The van der Waals surface area contributed by atoms with E-state index < -0.39 is 0 Å². The highest BCUT2D eigenvalue weighted by atomic mass is 16.5. The van der Waals surface area contributed by atoms with Crippen LogP contribution in [0.25, 0.3) is 0 Å². The molecule has 3 rings (SSSR count). The summed E-state index contributed by atoms with van der Waals surface area (Å²) in [6.45, 7) is 11.7. The molecule has 7 heteroatoms. The molecule has 1 amide bonds. The molecule has 2 aromatic rings.